The second-order valence-electron chi connectivity index (χ2n) is 6.09. The summed E-state index contributed by atoms with van der Waals surface area (Å²) in [5.74, 6) is 0. The van der Waals surface area contributed by atoms with Crippen LogP contribution in [0.4, 0.5) is 0 Å². The van der Waals surface area contributed by atoms with Gasteiger partial charge in [-0.25, -0.2) is 0 Å². The second kappa shape index (κ2) is 8.49. The standard InChI is InChI=1S/C17H29N3O/c1-15(2)20-10-11-21-17(14-20)13-19(9-8-18)12-16-6-4-3-5-7-16/h3-7,15,17H,8-14,18H2,1-2H3. The van der Waals surface area contributed by atoms with Crippen molar-refractivity contribution in [2.45, 2.75) is 32.5 Å². The number of hydrogen-bond donors (Lipinski definition) is 1. The number of ether oxygens (including phenoxy) is 1. The van der Waals surface area contributed by atoms with E-state index in [2.05, 4.69) is 54.0 Å². The van der Waals surface area contributed by atoms with E-state index in [4.69, 9.17) is 10.5 Å². The summed E-state index contributed by atoms with van der Waals surface area (Å²) < 4.78 is 5.95. The summed E-state index contributed by atoms with van der Waals surface area (Å²) in [6, 6.07) is 11.2. The van der Waals surface area contributed by atoms with E-state index in [1.165, 1.54) is 5.56 Å². The van der Waals surface area contributed by atoms with Crippen molar-refractivity contribution < 1.29 is 4.74 Å². The fraction of sp³-hybridized carbons (Fsp3) is 0.647. The summed E-state index contributed by atoms with van der Waals surface area (Å²) in [5.41, 5.74) is 7.11. The Hall–Kier alpha value is -0.940. The summed E-state index contributed by atoms with van der Waals surface area (Å²) >= 11 is 0. The molecule has 1 fully saturated rings. The van der Waals surface area contributed by atoms with Crippen LogP contribution in [0.2, 0.25) is 0 Å². The maximum atomic E-state index is 5.95. The van der Waals surface area contributed by atoms with Crippen LogP contribution in [0, 0.1) is 0 Å². The number of morpholine rings is 1. The van der Waals surface area contributed by atoms with Crippen molar-refractivity contribution in [2.24, 2.45) is 5.73 Å². The minimum Gasteiger partial charge on any atom is -0.374 e. The van der Waals surface area contributed by atoms with Crippen molar-refractivity contribution in [3.05, 3.63) is 35.9 Å². The zero-order valence-corrected chi connectivity index (χ0v) is 13.4. The zero-order valence-electron chi connectivity index (χ0n) is 13.4. The van der Waals surface area contributed by atoms with E-state index in [0.29, 0.717) is 12.6 Å². The highest BCUT2D eigenvalue weighted by Gasteiger charge is 2.24. The van der Waals surface area contributed by atoms with Gasteiger partial charge in [0.1, 0.15) is 0 Å². The minimum atomic E-state index is 0.288. The third-order valence-corrected chi connectivity index (χ3v) is 4.06. The lowest BCUT2D eigenvalue weighted by atomic mass is 10.1. The molecule has 1 aliphatic rings. The Morgan fingerprint density at radius 1 is 1.33 bits per heavy atom. The lowest BCUT2D eigenvalue weighted by molar-refractivity contribution is -0.0527. The first kappa shape index (κ1) is 16.4. The van der Waals surface area contributed by atoms with Crippen molar-refractivity contribution in [1.29, 1.82) is 0 Å². The SMILES string of the molecule is CC(C)N1CCOC(CN(CCN)Cc2ccccc2)C1. The number of nitrogens with zero attached hydrogens (tertiary/aromatic N) is 2. The molecule has 1 unspecified atom stereocenters. The molecule has 0 spiro atoms. The van der Waals surface area contributed by atoms with Crippen LogP contribution in [0.5, 0.6) is 0 Å². The largest absolute Gasteiger partial charge is 0.374 e. The molecule has 1 atom stereocenters. The smallest absolute Gasteiger partial charge is 0.0829 e. The van der Waals surface area contributed by atoms with Crippen molar-refractivity contribution in [3.8, 4) is 0 Å². The number of nitrogens with two attached hydrogens (primary N) is 1. The first-order valence-corrected chi connectivity index (χ1v) is 8.01. The highest BCUT2D eigenvalue weighted by Crippen LogP contribution is 2.12. The number of hydrogen-bond acceptors (Lipinski definition) is 4. The monoisotopic (exact) mass is 291 g/mol. The van der Waals surface area contributed by atoms with Gasteiger partial charge in [-0.1, -0.05) is 30.3 Å². The Balaban J connectivity index is 1.89. The maximum absolute atomic E-state index is 5.95. The molecule has 0 saturated carbocycles. The van der Waals surface area contributed by atoms with Crippen LogP contribution >= 0.6 is 0 Å². The number of rotatable bonds is 7. The van der Waals surface area contributed by atoms with Gasteiger partial charge in [0.05, 0.1) is 12.7 Å². The molecule has 21 heavy (non-hydrogen) atoms. The maximum Gasteiger partial charge on any atom is 0.0829 e. The van der Waals surface area contributed by atoms with Gasteiger partial charge in [-0.3, -0.25) is 9.80 Å². The molecular weight excluding hydrogens is 262 g/mol. The normalized spacial score (nSPS) is 20.3. The molecule has 0 amide bonds. The average Bonchev–Trinajstić information content (AvgIpc) is 2.49. The van der Waals surface area contributed by atoms with Crippen LogP contribution in [0.15, 0.2) is 30.3 Å². The molecule has 118 valence electrons. The van der Waals surface area contributed by atoms with Crippen LogP contribution in [0.3, 0.4) is 0 Å². The molecule has 2 N–H and O–H groups in total. The van der Waals surface area contributed by atoms with Crippen LogP contribution in [0.1, 0.15) is 19.4 Å². The summed E-state index contributed by atoms with van der Waals surface area (Å²) in [4.78, 5) is 4.90. The van der Waals surface area contributed by atoms with Gasteiger partial charge in [-0.2, -0.15) is 0 Å². The van der Waals surface area contributed by atoms with Gasteiger partial charge in [0, 0.05) is 45.3 Å². The lowest BCUT2D eigenvalue weighted by Crippen LogP contribution is -2.50. The molecule has 0 radical (unpaired) electrons. The van der Waals surface area contributed by atoms with Crippen molar-refractivity contribution in [3.63, 3.8) is 0 Å². The molecule has 1 heterocycles. The summed E-state index contributed by atoms with van der Waals surface area (Å²) in [5, 5.41) is 0. The van der Waals surface area contributed by atoms with Crippen molar-refractivity contribution >= 4 is 0 Å². The Morgan fingerprint density at radius 2 is 2.10 bits per heavy atom. The van der Waals surface area contributed by atoms with E-state index in [0.717, 1.165) is 39.3 Å². The van der Waals surface area contributed by atoms with Gasteiger partial charge in [0.2, 0.25) is 0 Å². The van der Waals surface area contributed by atoms with E-state index in [1.807, 2.05) is 0 Å². The highest BCUT2D eigenvalue weighted by atomic mass is 16.5. The molecule has 1 saturated heterocycles. The van der Waals surface area contributed by atoms with E-state index >= 15 is 0 Å². The third-order valence-electron chi connectivity index (χ3n) is 4.06. The van der Waals surface area contributed by atoms with Gasteiger partial charge in [-0.15, -0.1) is 0 Å². The van der Waals surface area contributed by atoms with Gasteiger partial charge < -0.3 is 10.5 Å². The Bertz CT molecular complexity index is 396. The van der Waals surface area contributed by atoms with E-state index in [1.54, 1.807) is 0 Å². The fourth-order valence-electron chi connectivity index (χ4n) is 2.87. The molecule has 1 aromatic rings. The molecule has 4 nitrogen and oxygen atoms in total. The number of benzene rings is 1. The van der Waals surface area contributed by atoms with E-state index in [-0.39, 0.29) is 6.10 Å². The quantitative estimate of drug-likeness (QED) is 0.828. The van der Waals surface area contributed by atoms with Gasteiger partial charge in [0.25, 0.3) is 0 Å². The summed E-state index contributed by atoms with van der Waals surface area (Å²) in [7, 11) is 0. The molecular formula is C17H29N3O. The highest BCUT2D eigenvalue weighted by molar-refractivity contribution is 5.14. The first-order chi connectivity index (χ1) is 10.2. The van der Waals surface area contributed by atoms with Crippen LogP contribution in [0.25, 0.3) is 0 Å². The van der Waals surface area contributed by atoms with Crippen LogP contribution in [-0.4, -0.2) is 61.3 Å². The van der Waals surface area contributed by atoms with E-state index < -0.39 is 0 Å². The Morgan fingerprint density at radius 3 is 2.76 bits per heavy atom. The Kier molecular flexibility index (Phi) is 6.64. The van der Waals surface area contributed by atoms with Crippen molar-refractivity contribution in [2.75, 3.05) is 39.3 Å². The first-order valence-electron chi connectivity index (χ1n) is 8.01. The summed E-state index contributed by atoms with van der Waals surface area (Å²) in [6.45, 7) is 10.9. The van der Waals surface area contributed by atoms with Crippen LogP contribution in [-0.2, 0) is 11.3 Å². The minimum absolute atomic E-state index is 0.288. The van der Waals surface area contributed by atoms with Gasteiger partial charge >= 0.3 is 0 Å². The summed E-state index contributed by atoms with van der Waals surface area (Å²) in [6.07, 6.45) is 0.288. The molecule has 1 aromatic carbocycles. The average molecular weight is 291 g/mol. The predicted molar refractivity (Wildman–Crippen MR) is 87.2 cm³/mol. The fourth-order valence-corrected chi connectivity index (χ4v) is 2.87. The molecule has 1 aliphatic heterocycles. The van der Waals surface area contributed by atoms with Gasteiger partial charge in [-0.05, 0) is 19.4 Å². The molecule has 0 aliphatic carbocycles. The Labute approximate surface area is 128 Å². The van der Waals surface area contributed by atoms with Crippen molar-refractivity contribution in [1.82, 2.24) is 9.80 Å². The molecule has 0 aromatic heterocycles. The van der Waals surface area contributed by atoms with E-state index in [9.17, 15) is 0 Å². The molecule has 4 heteroatoms. The van der Waals surface area contributed by atoms with Crippen LogP contribution < -0.4 is 5.73 Å². The van der Waals surface area contributed by atoms with Gasteiger partial charge in [0.15, 0.2) is 0 Å². The second-order valence-corrected chi connectivity index (χ2v) is 6.09. The topological polar surface area (TPSA) is 41.7 Å². The molecule has 2 rings (SSSR count). The zero-order chi connectivity index (χ0) is 15.1. The molecule has 0 bridgehead atoms. The predicted octanol–water partition coefficient (Wildman–Crippen LogP) is 1.56. The third kappa shape index (κ3) is 5.40. The lowest BCUT2D eigenvalue weighted by Gasteiger charge is -2.37.